The Bertz CT molecular complexity index is 932. The molecule has 1 saturated heterocycles. The van der Waals surface area contributed by atoms with Gasteiger partial charge in [-0.1, -0.05) is 0 Å². The third-order valence-corrected chi connectivity index (χ3v) is 5.52. The molecule has 2 aromatic carbocycles. The Morgan fingerprint density at radius 1 is 1.15 bits per heavy atom. The fraction of sp³-hybridized carbons (Fsp3) is 0.235. The number of ether oxygens (including phenoxy) is 1. The molecule has 1 aliphatic heterocycles. The summed E-state index contributed by atoms with van der Waals surface area (Å²) in [7, 11) is -3.88. The van der Waals surface area contributed by atoms with Gasteiger partial charge in [0.2, 0.25) is 10.0 Å². The van der Waals surface area contributed by atoms with Crippen molar-refractivity contribution in [2.24, 2.45) is 0 Å². The number of carbonyl (C=O) groups excluding carboxylic acids is 1. The van der Waals surface area contributed by atoms with Gasteiger partial charge in [-0.05, 0) is 55.0 Å². The van der Waals surface area contributed by atoms with Gasteiger partial charge in [0.1, 0.15) is 17.7 Å². The highest BCUT2D eigenvalue weighted by molar-refractivity contribution is 7.89. The molecule has 1 fully saturated rings. The Labute approximate surface area is 149 Å². The van der Waals surface area contributed by atoms with Crippen LogP contribution in [0.1, 0.15) is 5.56 Å². The van der Waals surface area contributed by atoms with Crippen LogP contribution < -0.4 is 9.62 Å². The van der Waals surface area contributed by atoms with E-state index in [4.69, 9.17) is 4.74 Å². The highest BCUT2D eigenvalue weighted by atomic mass is 32.2. The number of hydrogen-bond acceptors (Lipinski definition) is 4. The van der Waals surface area contributed by atoms with E-state index in [0.717, 1.165) is 12.1 Å². The predicted molar refractivity (Wildman–Crippen MR) is 90.3 cm³/mol. The molecule has 26 heavy (non-hydrogen) atoms. The number of sulfonamides is 1. The second kappa shape index (κ2) is 7.00. The van der Waals surface area contributed by atoms with Gasteiger partial charge in [-0.15, -0.1) is 0 Å². The van der Waals surface area contributed by atoms with Crippen LogP contribution in [0.5, 0.6) is 0 Å². The summed E-state index contributed by atoms with van der Waals surface area (Å²) in [4.78, 5) is 13.2. The van der Waals surface area contributed by atoms with E-state index in [1.807, 2.05) is 0 Å². The SMILES string of the molecule is Cc1cc(F)ccc1S(=O)(=O)NCC1CN(c2ccc(F)cc2)C(=O)O1. The molecule has 6 nitrogen and oxygen atoms in total. The summed E-state index contributed by atoms with van der Waals surface area (Å²) in [6, 6.07) is 8.67. The highest BCUT2D eigenvalue weighted by Gasteiger charge is 2.33. The van der Waals surface area contributed by atoms with Gasteiger partial charge in [0, 0.05) is 12.2 Å². The van der Waals surface area contributed by atoms with E-state index >= 15 is 0 Å². The summed E-state index contributed by atoms with van der Waals surface area (Å²) in [5, 5.41) is 0. The molecule has 0 bridgehead atoms. The molecule has 1 N–H and O–H groups in total. The van der Waals surface area contributed by atoms with E-state index in [-0.39, 0.29) is 23.5 Å². The van der Waals surface area contributed by atoms with Crippen molar-refractivity contribution in [2.75, 3.05) is 18.0 Å². The molecule has 0 saturated carbocycles. The van der Waals surface area contributed by atoms with Crippen molar-refractivity contribution in [2.45, 2.75) is 17.9 Å². The van der Waals surface area contributed by atoms with Crippen molar-refractivity contribution < 1.29 is 26.7 Å². The molecule has 9 heteroatoms. The summed E-state index contributed by atoms with van der Waals surface area (Å²) in [6.45, 7) is 1.47. The maximum absolute atomic E-state index is 13.1. The third-order valence-electron chi connectivity index (χ3n) is 3.94. The van der Waals surface area contributed by atoms with Crippen molar-refractivity contribution in [3.63, 3.8) is 0 Å². The van der Waals surface area contributed by atoms with E-state index in [2.05, 4.69) is 4.72 Å². The van der Waals surface area contributed by atoms with E-state index in [9.17, 15) is 22.0 Å². The Morgan fingerprint density at radius 2 is 1.81 bits per heavy atom. The zero-order valence-electron chi connectivity index (χ0n) is 13.8. The molecule has 3 rings (SSSR count). The van der Waals surface area contributed by atoms with Crippen LogP contribution in [0.3, 0.4) is 0 Å². The smallest absolute Gasteiger partial charge is 0.414 e. The van der Waals surface area contributed by atoms with Crippen LogP contribution in [0.25, 0.3) is 0 Å². The van der Waals surface area contributed by atoms with Crippen LogP contribution in [0, 0.1) is 18.6 Å². The highest BCUT2D eigenvalue weighted by Crippen LogP contribution is 2.22. The number of rotatable bonds is 5. The van der Waals surface area contributed by atoms with Gasteiger partial charge >= 0.3 is 6.09 Å². The lowest BCUT2D eigenvalue weighted by Gasteiger charge is -2.13. The zero-order chi connectivity index (χ0) is 18.9. The van der Waals surface area contributed by atoms with Gasteiger partial charge in [-0.25, -0.2) is 26.7 Å². The molecule has 0 aliphatic carbocycles. The fourth-order valence-corrected chi connectivity index (χ4v) is 3.95. The third kappa shape index (κ3) is 3.83. The summed E-state index contributed by atoms with van der Waals surface area (Å²) in [5.41, 5.74) is 0.727. The zero-order valence-corrected chi connectivity index (χ0v) is 14.6. The maximum atomic E-state index is 13.1. The summed E-state index contributed by atoms with van der Waals surface area (Å²) in [6.07, 6.45) is -1.35. The van der Waals surface area contributed by atoms with E-state index in [1.54, 1.807) is 0 Å². The minimum Gasteiger partial charge on any atom is -0.443 e. The first kappa shape index (κ1) is 18.3. The lowest BCUT2D eigenvalue weighted by atomic mass is 10.2. The molecule has 1 heterocycles. The number of hydrogen-bond donors (Lipinski definition) is 1. The van der Waals surface area contributed by atoms with E-state index < -0.39 is 33.9 Å². The standard InChI is InChI=1S/C17H16F2N2O4S/c1-11-8-13(19)4-7-16(11)26(23,24)20-9-15-10-21(17(22)25-15)14-5-2-12(18)3-6-14/h2-8,15,20H,9-10H2,1H3. The number of nitrogens with one attached hydrogen (secondary N) is 1. The number of anilines is 1. The van der Waals surface area contributed by atoms with Gasteiger partial charge in [0.05, 0.1) is 11.4 Å². The first-order chi connectivity index (χ1) is 12.3. The number of aryl methyl sites for hydroxylation is 1. The molecular formula is C17H16F2N2O4S. The Morgan fingerprint density at radius 3 is 2.46 bits per heavy atom. The molecule has 0 aromatic heterocycles. The predicted octanol–water partition coefficient (Wildman–Crippen LogP) is 2.58. The number of carbonyl (C=O) groups is 1. The molecule has 138 valence electrons. The van der Waals surface area contributed by atoms with Gasteiger partial charge in [-0.2, -0.15) is 0 Å². The second-order valence-electron chi connectivity index (χ2n) is 5.85. The van der Waals surface area contributed by atoms with Crippen LogP contribution in [-0.2, 0) is 14.8 Å². The number of amides is 1. The summed E-state index contributed by atoms with van der Waals surface area (Å²) in [5.74, 6) is -0.957. The molecule has 0 radical (unpaired) electrons. The topological polar surface area (TPSA) is 75.7 Å². The number of cyclic esters (lactones) is 1. The Kier molecular flexibility index (Phi) is 4.92. The average Bonchev–Trinajstić information content (AvgIpc) is 2.94. The minimum atomic E-state index is -3.88. The van der Waals surface area contributed by atoms with Crippen LogP contribution >= 0.6 is 0 Å². The second-order valence-corrected chi connectivity index (χ2v) is 7.59. The quantitative estimate of drug-likeness (QED) is 0.863. The largest absolute Gasteiger partial charge is 0.443 e. The molecule has 1 amide bonds. The minimum absolute atomic E-state index is 0.0429. The molecular weight excluding hydrogens is 366 g/mol. The first-order valence-corrected chi connectivity index (χ1v) is 9.24. The van der Waals surface area contributed by atoms with Crippen molar-refractivity contribution in [3.05, 3.63) is 59.7 Å². The fourth-order valence-electron chi connectivity index (χ4n) is 2.65. The lowest BCUT2D eigenvalue weighted by molar-refractivity contribution is 0.143. The van der Waals surface area contributed by atoms with Crippen LogP contribution in [0.15, 0.2) is 47.4 Å². The molecule has 1 aliphatic rings. The number of halogens is 2. The Balaban J connectivity index is 1.66. The molecule has 0 spiro atoms. The monoisotopic (exact) mass is 382 g/mol. The first-order valence-electron chi connectivity index (χ1n) is 7.76. The van der Waals surface area contributed by atoms with Crippen molar-refractivity contribution >= 4 is 21.8 Å². The van der Waals surface area contributed by atoms with Gasteiger partial charge in [0.25, 0.3) is 0 Å². The maximum Gasteiger partial charge on any atom is 0.414 e. The van der Waals surface area contributed by atoms with Crippen LogP contribution in [-0.4, -0.2) is 33.7 Å². The van der Waals surface area contributed by atoms with Crippen molar-refractivity contribution in [1.29, 1.82) is 0 Å². The molecule has 2 aromatic rings. The van der Waals surface area contributed by atoms with Crippen molar-refractivity contribution in [3.8, 4) is 0 Å². The summed E-state index contributed by atoms with van der Waals surface area (Å²) >= 11 is 0. The molecule has 1 unspecified atom stereocenters. The lowest BCUT2D eigenvalue weighted by Crippen LogP contribution is -2.35. The van der Waals surface area contributed by atoms with Crippen LogP contribution in [0.2, 0.25) is 0 Å². The van der Waals surface area contributed by atoms with Crippen molar-refractivity contribution in [1.82, 2.24) is 4.72 Å². The van der Waals surface area contributed by atoms with E-state index in [0.29, 0.717) is 5.69 Å². The Hall–Kier alpha value is -2.52. The van der Waals surface area contributed by atoms with Crippen LogP contribution in [0.4, 0.5) is 19.3 Å². The van der Waals surface area contributed by atoms with Gasteiger partial charge < -0.3 is 4.74 Å². The number of benzene rings is 2. The number of nitrogens with zero attached hydrogens (tertiary/aromatic N) is 1. The summed E-state index contributed by atoms with van der Waals surface area (Å²) < 4.78 is 58.4. The average molecular weight is 382 g/mol. The van der Waals surface area contributed by atoms with Gasteiger partial charge in [0.15, 0.2) is 0 Å². The van der Waals surface area contributed by atoms with Gasteiger partial charge in [-0.3, -0.25) is 4.90 Å². The van der Waals surface area contributed by atoms with E-state index in [1.165, 1.54) is 42.2 Å². The normalized spacial score (nSPS) is 17.4. The molecule has 1 atom stereocenters.